The van der Waals surface area contributed by atoms with E-state index in [4.69, 9.17) is 5.73 Å². The molecule has 3 N–H and O–H groups in total. The van der Waals surface area contributed by atoms with Crippen LogP contribution < -0.4 is 11.1 Å². The van der Waals surface area contributed by atoms with Gasteiger partial charge in [-0.1, -0.05) is 0 Å². The molecule has 0 radical (unpaired) electrons. The topological polar surface area (TPSA) is 86.1 Å². The number of fused-ring (bicyclic) bond motifs is 1. The Morgan fingerprint density at radius 2 is 2.28 bits per heavy atom. The van der Waals surface area contributed by atoms with Gasteiger partial charge in [-0.3, -0.25) is 4.68 Å². The van der Waals surface area contributed by atoms with E-state index < -0.39 is 0 Å². The van der Waals surface area contributed by atoms with Crippen molar-refractivity contribution in [2.24, 2.45) is 7.05 Å². The van der Waals surface area contributed by atoms with E-state index in [9.17, 15) is 0 Å². The van der Waals surface area contributed by atoms with E-state index in [0.29, 0.717) is 18.2 Å². The van der Waals surface area contributed by atoms with Crippen LogP contribution in [-0.2, 0) is 13.6 Å². The molecule has 0 aliphatic rings. The zero-order valence-electron chi connectivity index (χ0n) is 9.91. The Morgan fingerprint density at radius 1 is 1.39 bits per heavy atom. The molecule has 0 fully saturated rings. The molecule has 0 spiro atoms. The van der Waals surface area contributed by atoms with Gasteiger partial charge in [-0.2, -0.15) is 5.10 Å². The average molecular weight is 243 g/mol. The van der Waals surface area contributed by atoms with Crippen molar-refractivity contribution >= 4 is 17.3 Å². The first-order valence-corrected chi connectivity index (χ1v) is 5.53. The van der Waals surface area contributed by atoms with E-state index in [0.717, 1.165) is 11.2 Å². The molecule has 0 saturated heterocycles. The van der Waals surface area contributed by atoms with E-state index in [1.54, 1.807) is 17.1 Å². The third-order valence-corrected chi connectivity index (χ3v) is 2.61. The molecular formula is C11H13N7. The number of rotatable bonds is 3. The van der Waals surface area contributed by atoms with Gasteiger partial charge in [0.05, 0.1) is 12.4 Å². The number of nitrogens with zero attached hydrogens (tertiary/aromatic N) is 5. The highest BCUT2D eigenvalue weighted by Crippen LogP contribution is 2.15. The fourth-order valence-corrected chi connectivity index (χ4v) is 1.82. The highest BCUT2D eigenvalue weighted by atomic mass is 15.2. The van der Waals surface area contributed by atoms with E-state index in [1.807, 2.05) is 30.0 Å². The van der Waals surface area contributed by atoms with Gasteiger partial charge in [-0.05, 0) is 0 Å². The Bertz CT molecular complexity index is 682. The summed E-state index contributed by atoms with van der Waals surface area (Å²) in [4.78, 5) is 8.49. The van der Waals surface area contributed by atoms with Crippen LogP contribution in [0.15, 0.2) is 31.0 Å². The molecule has 3 aromatic heterocycles. The number of hydrogen-bond donors (Lipinski definition) is 2. The molecule has 7 heteroatoms. The van der Waals surface area contributed by atoms with Gasteiger partial charge < -0.3 is 15.5 Å². The first-order chi connectivity index (χ1) is 8.72. The van der Waals surface area contributed by atoms with E-state index in [-0.39, 0.29) is 0 Å². The first-order valence-electron chi connectivity index (χ1n) is 5.53. The SMILES string of the molecule is Cn1cc(CNc2nc(N)cn3ccnc23)cn1. The van der Waals surface area contributed by atoms with Gasteiger partial charge in [-0.15, -0.1) is 0 Å². The summed E-state index contributed by atoms with van der Waals surface area (Å²) in [5, 5.41) is 7.33. The van der Waals surface area contributed by atoms with Crippen LogP contribution in [0.3, 0.4) is 0 Å². The largest absolute Gasteiger partial charge is 0.382 e. The number of hydrogen-bond acceptors (Lipinski definition) is 5. The number of nitrogens with two attached hydrogens (primary N) is 1. The molecule has 0 bridgehead atoms. The van der Waals surface area contributed by atoms with Gasteiger partial charge in [0.1, 0.15) is 5.82 Å². The number of anilines is 2. The summed E-state index contributed by atoms with van der Waals surface area (Å²) in [6, 6.07) is 0. The van der Waals surface area contributed by atoms with E-state index in [2.05, 4.69) is 20.4 Å². The maximum absolute atomic E-state index is 5.74. The second kappa shape index (κ2) is 4.02. The Labute approximate surface area is 103 Å². The van der Waals surface area contributed by atoms with Gasteiger partial charge in [0.2, 0.25) is 0 Å². The highest BCUT2D eigenvalue weighted by Gasteiger charge is 2.06. The van der Waals surface area contributed by atoms with Crippen molar-refractivity contribution in [1.29, 1.82) is 0 Å². The molecule has 3 rings (SSSR count). The lowest BCUT2D eigenvalue weighted by molar-refractivity contribution is 0.767. The molecule has 0 aliphatic carbocycles. The first kappa shape index (κ1) is 10.6. The summed E-state index contributed by atoms with van der Waals surface area (Å²) in [6.45, 7) is 0.632. The molecule has 0 saturated carbocycles. The fraction of sp³-hybridized carbons (Fsp3) is 0.182. The lowest BCUT2D eigenvalue weighted by atomic mass is 10.3. The molecule has 0 aromatic carbocycles. The standard InChI is InChI=1S/C11H13N7/c1-17-6-8(5-15-17)4-14-10-11-13-2-3-18(11)7-9(12)16-10/h2-3,5-7H,4,12H2,1H3,(H,14,16). The van der Waals surface area contributed by atoms with E-state index in [1.165, 1.54) is 0 Å². The van der Waals surface area contributed by atoms with Crippen LogP contribution in [0.1, 0.15) is 5.56 Å². The maximum Gasteiger partial charge on any atom is 0.180 e. The van der Waals surface area contributed by atoms with Crippen molar-refractivity contribution in [3.8, 4) is 0 Å². The molecular weight excluding hydrogens is 230 g/mol. The number of nitrogen functional groups attached to an aromatic ring is 1. The molecule has 7 nitrogen and oxygen atoms in total. The summed E-state index contributed by atoms with van der Waals surface area (Å²) >= 11 is 0. The normalized spacial score (nSPS) is 10.9. The van der Waals surface area contributed by atoms with Crippen molar-refractivity contribution in [2.45, 2.75) is 6.54 Å². The Morgan fingerprint density at radius 3 is 3.06 bits per heavy atom. The molecule has 0 aliphatic heterocycles. The third-order valence-electron chi connectivity index (χ3n) is 2.61. The lowest BCUT2D eigenvalue weighted by Crippen LogP contribution is -2.05. The van der Waals surface area contributed by atoms with Gasteiger partial charge in [-0.25, -0.2) is 9.97 Å². The quantitative estimate of drug-likeness (QED) is 0.705. The van der Waals surface area contributed by atoms with Gasteiger partial charge in [0, 0.05) is 37.7 Å². The van der Waals surface area contributed by atoms with Crippen molar-refractivity contribution in [1.82, 2.24) is 24.1 Å². The number of imidazole rings is 1. The van der Waals surface area contributed by atoms with Crippen LogP contribution in [-0.4, -0.2) is 24.1 Å². The van der Waals surface area contributed by atoms with Gasteiger partial charge >= 0.3 is 0 Å². The molecule has 92 valence electrons. The minimum absolute atomic E-state index is 0.453. The third kappa shape index (κ3) is 1.86. The monoisotopic (exact) mass is 243 g/mol. The number of aromatic nitrogens is 5. The van der Waals surface area contributed by atoms with Crippen molar-refractivity contribution in [2.75, 3.05) is 11.1 Å². The van der Waals surface area contributed by atoms with Crippen LogP contribution in [0, 0.1) is 0 Å². The zero-order chi connectivity index (χ0) is 12.5. The minimum atomic E-state index is 0.453. The van der Waals surface area contributed by atoms with Crippen molar-refractivity contribution < 1.29 is 0 Å². The van der Waals surface area contributed by atoms with Crippen LogP contribution in [0.4, 0.5) is 11.6 Å². The molecule has 3 aromatic rings. The molecule has 18 heavy (non-hydrogen) atoms. The summed E-state index contributed by atoms with van der Waals surface area (Å²) in [5.41, 5.74) is 7.57. The van der Waals surface area contributed by atoms with Gasteiger partial charge in [0.15, 0.2) is 11.5 Å². The van der Waals surface area contributed by atoms with Gasteiger partial charge in [0.25, 0.3) is 0 Å². The van der Waals surface area contributed by atoms with E-state index >= 15 is 0 Å². The number of aryl methyl sites for hydroxylation is 1. The molecule has 0 amide bonds. The van der Waals surface area contributed by atoms with Crippen LogP contribution in [0.25, 0.3) is 5.65 Å². The zero-order valence-corrected chi connectivity index (χ0v) is 9.91. The number of nitrogens with one attached hydrogen (secondary N) is 1. The predicted molar refractivity (Wildman–Crippen MR) is 67.9 cm³/mol. The summed E-state index contributed by atoms with van der Waals surface area (Å²) < 4.78 is 3.60. The molecule has 0 unspecified atom stereocenters. The van der Waals surface area contributed by atoms with Crippen molar-refractivity contribution in [3.63, 3.8) is 0 Å². The Balaban J connectivity index is 1.87. The minimum Gasteiger partial charge on any atom is -0.382 e. The summed E-state index contributed by atoms with van der Waals surface area (Å²) in [6.07, 6.45) is 9.04. The average Bonchev–Trinajstić information content (AvgIpc) is 2.94. The maximum atomic E-state index is 5.74. The highest BCUT2D eigenvalue weighted by molar-refractivity contribution is 5.64. The van der Waals surface area contributed by atoms with Crippen LogP contribution in [0.2, 0.25) is 0 Å². The smallest absolute Gasteiger partial charge is 0.180 e. The molecule has 3 heterocycles. The molecule has 0 atom stereocenters. The Kier molecular flexibility index (Phi) is 2.36. The van der Waals surface area contributed by atoms with Crippen molar-refractivity contribution in [3.05, 3.63) is 36.5 Å². The fourth-order valence-electron chi connectivity index (χ4n) is 1.82. The second-order valence-corrected chi connectivity index (χ2v) is 4.05. The predicted octanol–water partition coefficient (Wildman–Crippen LogP) is 0.657. The second-order valence-electron chi connectivity index (χ2n) is 4.05. The lowest BCUT2D eigenvalue weighted by Gasteiger charge is -2.06. The summed E-state index contributed by atoms with van der Waals surface area (Å²) in [7, 11) is 1.88. The summed E-state index contributed by atoms with van der Waals surface area (Å²) in [5.74, 6) is 1.12. The van der Waals surface area contributed by atoms with Crippen LogP contribution >= 0.6 is 0 Å². The Hall–Kier alpha value is -2.57. The van der Waals surface area contributed by atoms with Crippen LogP contribution in [0.5, 0.6) is 0 Å².